The molecular weight excluding hydrogens is 190 g/mol. The lowest BCUT2D eigenvalue weighted by atomic mass is 9.87. The van der Waals surface area contributed by atoms with Gasteiger partial charge in [-0.15, -0.1) is 0 Å². The van der Waals surface area contributed by atoms with Gasteiger partial charge in [-0.1, -0.05) is 0 Å². The third-order valence-corrected chi connectivity index (χ3v) is 2.87. The summed E-state index contributed by atoms with van der Waals surface area (Å²) >= 11 is 0. The van der Waals surface area contributed by atoms with Gasteiger partial charge < -0.3 is 15.6 Å². The van der Waals surface area contributed by atoms with E-state index in [1.54, 1.807) is 10.6 Å². The van der Waals surface area contributed by atoms with Crippen LogP contribution in [0.3, 0.4) is 0 Å². The molecule has 1 aromatic rings. The standard InChI is InChI=1S/C11H17N3O/c1-2-14-7-9(3-4-11(14)15)13-10-5-8(12)6-10/h3-4,7-8,10,13H,2,5-6,12H2,1H3. The van der Waals surface area contributed by atoms with Crippen LogP contribution in [-0.2, 0) is 6.54 Å². The minimum absolute atomic E-state index is 0.0494. The molecular formula is C11H17N3O. The van der Waals surface area contributed by atoms with Crippen LogP contribution in [0.15, 0.2) is 23.1 Å². The van der Waals surface area contributed by atoms with Crippen LogP contribution in [0, 0.1) is 0 Å². The van der Waals surface area contributed by atoms with Crippen molar-refractivity contribution in [3.63, 3.8) is 0 Å². The van der Waals surface area contributed by atoms with E-state index in [0.717, 1.165) is 18.5 Å². The first-order valence-corrected chi connectivity index (χ1v) is 5.41. The van der Waals surface area contributed by atoms with Crippen LogP contribution in [0.2, 0.25) is 0 Å². The third kappa shape index (κ3) is 2.21. The molecule has 0 bridgehead atoms. The van der Waals surface area contributed by atoms with Crippen molar-refractivity contribution in [1.29, 1.82) is 0 Å². The van der Waals surface area contributed by atoms with Crippen molar-refractivity contribution in [2.75, 3.05) is 5.32 Å². The normalized spacial score (nSPS) is 24.7. The second-order valence-corrected chi connectivity index (χ2v) is 4.11. The second kappa shape index (κ2) is 4.06. The highest BCUT2D eigenvalue weighted by Crippen LogP contribution is 2.21. The predicted octanol–water partition coefficient (Wildman–Crippen LogP) is 0.770. The van der Waals surface area contributed by atoms with Gasteiger partial charge in [-0.3, -0.25) is 4.79 Å². The molecule has 1 aliphatic rings. The van der Waals surface area contributed by atoms with Crippen molar-refractivity contribution >= 4 is 5.69 Å². The molecule has 1 aliphatic carbocycles. The minimum atomic E-state index is 0.0494. The molecule has 4 heteroatoms. The van der Waals surface area contributed by atoms with Crippen molar-refractivity contribution in [1.82, 2.24) is 4.57 Å². The Morgan fingerprint density at radius 3 is 2.87 bits per heavy atom. The maximum absolute atomic E-state index is 11.3. The zero-order valence-corrected chi connectivity index (χ0v) is 8.94. The van der Waals surface area contributed by atoms with E-state index in [1.807, 2.05) is 19.2 Å². The first-order chi connectivity index (χ1) is 7.19. The summed E-state index contributed by atoms with van der Waals surface area (Å²) in [5.74, 6) is 0. The summed E-state index contributed by atoms with van der Waals surface area (Å²) < 4.78 is 1.70. The highest BCUT2D eigenvalue weighted by molar-refractivity contribution is 5.42. The first-order valence-electron chi connectivity index (χ1n) is 5.41. The fourth-order valence-corrected chi connectivity index (χ4v) is 1.88. The molecule has 0 saturated heterocycles. The van der Waals surface area contributed by atoms with Crippen LogP contribution in [0.1, 0.15) is 19.8 Å². The quantitative estimate of drug-likeness (QED) is 0.769. The minimum Gasteiger partial charge on any atom is -0.381 e. The molecule has 0 unspecified atom stereocenters. The van der Waals surface area contributed by atoms with E-state index in [0.29, 0.717) is 18.6 Å². The Kier molecular flexibility index (Phi) is 2.77. The molecule has 4 nitrogen and oxygen atoms in total. The fourth-order valence-electron chi connectivity index (χ4n) is 1.88. The Morgan fingerprint density at radius 1 is 1.53 bits per heavy atom. The molecule has 1 saturated carbocycles. The summed E-state index contributed by atoms with van der Waals surface area (Å²) in [7, 11) is 0. The van der Waals surface area contributed by atoms with Gasteiger partial charge in [-0.2, -0.15) is 0 Å². The maximum Gasteiger partial charge on any atom is 0.250 e. The lowest BCUT2D eigenvalue weighted by molar-refractivity contribution is 0.373. The van der Waals surface area contributed by atoms with Crippen LogP contribution >= 0.6 is 0 Å². The third-order valence-electron chi connectivity index (χ3n) is 2.87. The van der Waals surface area contributed by atoms with E-state index in [9.17, 15) is 4.79 Å². The van der Waals surface area contributed by atoms with Gasteiger partial charge in [0.2, 0.25) is 0 Å². The van der Waals surface area contributed by atoms with Crippen LogP contribution in [0.25, 0.3) is 0 Å². The lowest BCUT2D eigenvalue weighted by Crippen LogP contribution is -2.44. The molecule has 3 N–H and O–H groups in total. The highest BCUT2D eigenvalue weighted by Gasteiger charge is 2.25. The van der Waals surface area contributed by atoms with Gasteiger partial charge in [0.25, 0.3) is 5.56 Å². The number of hydrogen-bond acceptors (Lipinski definition) is 3. The van der Waals surface area contributed by atoms with Gasteiger partial charge in [0.1, 0.15) is 0 Å². The van der Waals surface area contributed by atoms with Gasteiger partial charge >= 0.3 is 0 Å². The summed E-state index contributed by atoms with van der Waals surface area (Å²) in [6, 6.07) is 4.25. The molecule has 1 fully saturated rings. The topological polar surface area (TPSA) is 60.1 Å². The van der Waals surface area contributed by atoms with E-state index < -0.39 is 0 Å². The molecule has 82 valence electrons. The van der Waals surface area contributed by atoms with E-state index in [1.165, 1.54) is 0 Å². The summed E-state index contributed by atoms with van der Waals surface area (Å²) in [6.07, 6.45) is 3.91. The number of nitrogens with two attached hydrogens (primary N) is 1. The Morgan fingerprint density at radius 2 is 2.27 bits per heavy atom. The number of pyridine rings is 1. The number of aromatic nitrogens is 1. The monoisotopic (exact) mass is 207 g/mol. The first kappa shape index (κ1) is 10.2. The Bertz CT molecular complexity index is 393. The maximum atomic E-state index is 11.3. The Balaban J connectivity index is 2.05. The molecule has 0 radical (unpaired) electrons. The van der Waals surface area contributed by atoms with Gasteiger partial charge in [0.15, 0.2) is 0 Å². The van der Waals surface area contributed by atoms with Gasteiger partial charge in [0, 0.05) is 30.9 Å². The summed E-state index contributed by atoms with van der Waals surface area (Å²) in [5.41, 5.74) is 6.76. The van der Waals surface area contributed by atoms with Crippen LogP contribution < -0.4 is 16.6 Å². The summed E-state index contributed by atoms with van der Waals surface area (Å²) in [5, 5.41) is 3.37. The van der Waals surface area contributed by atoms with Crippen molar-refractivity contribution in [3.05, 3.63) is 28.7 Å². The molecule has 2 rings (SSSR count). The second-order valence-electron chi connectivity index (χ2n) is 4.11. The zero-order chi connectivity index (χ0) is 10.8. The SMILES string of the molecule is CCn1cc(NC2CC(N)C2)ccc1=O. The van der Waals surface area contributed by atoms with Crippen LogP contribution in [0.4, 0.5) is 5.69 Å². The van der Waals surface area contributed by atoms with E-state index in [-0.39, 0.29) is 5.56 Å². The summed E-state index contributed by atoms with van der Waals surface area (Å²) in [6.45, 7) is 2.67. The number of hydrogen-bond donors (Lipinski definition) is 2. The molecule has 15 heavy (non-hydrogen) atoms. The average molecular weight is 207 g/mol. The van der Waals surface area contributed by atoms with Gasteiger partial charge in [0.05, 0.1) is 5.69 Å². The molecule has 0 spiro atoms. The fraction of sp³-hybridized carbons (Fsp3) is 0.545. The van der Waals surface area contributed by atoms with Crippen molar-refractivity contribution < 1.29 is 0 Å². The molecule has 0 amide bonds. The highest BCUT2D eigenvalue weighted by atomic mass is 16.1. The summed E-state index contributed by atoms with van der Waals surface area (Å²) in [4.78, 5) is 11.3. The molecule has 1 aromatic heterocycles. The van der Waals surface area contributed by atoms with E-state index in [4.69, 9.17) is 5.73 Å². The van der Waals surface area contributed by atoms with E-state index in [2.05, 4.69) is 5.32 Å². The predicted molar refractivity (Wildman–Crippen MR) is 61.0 cm³/mol. The molecule has 1 heterocycles. The molecule has 0 atom stereocenters. The molecule has 0 aromatic carbocycles. The lowest BCUT2D eigenvalue weighted by Gasteiger charge is -2.33. The van der Waals surface area contributed by atoms with Gasteiger partial charge in [-0.05, 0) is 25.8 Å². The number of anilines is 1. The van der Waals surface area contributed by atoms with Crippen LogP contribution in [-0.4, -0.2) is 16.7 Å². The Hall–Kier alpha value is -1.29. The van der Waals surface area contributed by atoms with Crippen molar-refractivity contribution in [3.8, 4) is 0 Å². The van der Waals surface area contributed by atoms with Crippen molar-refractivity contribution in [2.45, 2.75) is 38.4 Å². The largest absolute Gasteiger partial charge is 0.381 e. The molecule has 0 aliphatic heterocycles. The number of nitrogens with one attached hydrogen (secondary N) is 1. The Labute approximate surface area is 89.1 Å². The van der Waals surface area contributed by atoms with Crippen LogP contribution in [0.5, 0.6) is 0 Å². The number of nitrogens with zero attached hydrogens (tertiary/aromatic N) is 1. The van der Waals surface area contributed by atoms with Gasteiger partial charge in [-0.25, -0.2) is 0 Å². The smallest absolute Gasteiger partial charge is 0.250 e. The van der Waals surface area contributed by atoms with E-state index >= 15 is 0 Å². The zero-order valence-electron chi connectivity index (χ0n) is 8.94. The average Bonchev–Trinajstić information content (AvgIpc) is 2.18. The van der Waals surface area contributed by atoms with Crippen molar-refractivity contribution in [2.24, 2.45) is 5.73 Å². The number of aryl methyl sites for hydroxylation is 1. The number of rotatable bonds is 3.